The van der Waals surface area contributed by atoms with Crippen molar-refractivity contribution in [2.45, 2.75) is 19.3 Å². The van der Waals surface area contributed by atoms with Crippen molar-refractivity contribution >= 4 is 40.5 Å². The van der Waals surface area contributed by atoms with Gasteiger partial charge in [-0.3, -0.25) is 19.8 Å². The van der Waals surface area contributed by atoms with E-state index in [1.54, 1.807) is 29.1 Å². The van der Waals surface area contributed by atoms with E-state index in [9.17, 15) is 14.9 Å². The highest BCUT2D eigenvalue weighted by Crippen LogP contribution is 2.32. The van der Waals surface area contributed by atoms with Crippen molar-refractivity contribution in [2.24, 2.45) is 0 Å². The molecule has 10 nitrogen and oxygen atoms in total. The monoisotopic (exact) mass is 531 g/mol. The lowest BCUT2D eigenvalue weighted by atomic mass is 10.2. The maximum absolute atomic E-state index is 12.2. The first-order valence-corrected chi connectivity index (χ1v) is 12.5. The number of nitro benzene ring substituents is 1. The van der Waals surface area contributed by atoms with Gasteiger partial charge in [-0.15, -0.1) is 5.10 Å². The van der Waals surface area contributed by atoms with Crippen molar-refractivity contribution < 1.29 is 9.72 Å². The zero-order valence-corrected chi connectivity index (χ0v) is 21.2. The maximum atomic E-state index is 12.2. The number of aromatic nitrogens is 3. The summed E-state index contributed by atoms with van der Waals surface area (Å²) in [5.74, 6) is 0.0158. The summed E-state index contributed by atoms with van der Waals surface area (Å²) in [5, 5.41) is 23.1. The Balaban J connectivity index is 1.12. The van der Waals surface area contributed by atoms with Crippen LogP contribution in [-0.2, 0) is 11.2 Å². The fraction of sp³-hybridized carbons (Fsp3) is 0.375. The van der Waals surface area contributed by atoms with Crippen LogP contribution in [0.15, 0.2) is 48.7 Å². The van der Waals surface area contributed by atoms with Crippen molar-refractivity contribution in [3.8, 4) is 5.69 Å². The van der Waals surface area contributed by atoms with E-state index < -0.39 is 4.92 Å². The van der Waals surface area contributed by atoms with Gasteiger partial charge >= 0.3 is 0 Å². The van der Waals surface area contributed by atoms with Gasteiger partial charge in [-0.25, -0.2) is 4.68 Å². The Kier molecular flexibility index (Phi) is 8.74. The molecule has 1 N–H and O–H groups in total. The standard InChI is InChI=1S/C24H27Cl2N7O3/c25-21-4-2-5-22(24(21)26)31-15-13-30(14-16-31)12-11-27-23(34)6-1-3-18-17-32(29-28-18)19-7-9-20(10-8-19)33(35)36/h2,4-5,7-10,17H,1,3,6,11-16H2,(H,27,34). The van der Waals surface area contributed by atoms with Gasteiger partial charge in [-0.05, 0) is 37.1 Å². The predicted octanol–water partition coefficient (Wildman–Crippen LogP) is 3.74. The molecule has 0 radical (unpaired) electrons. The van der Waals surface area contributed by atoms with Crippen LogP contribution in [0, 0.1) is 10.1 Å². The van der Waals surface area contributed by atoms with Gasteiger partial charge in [0, 0.05) is 57.8 Å². The molecule has 1 saturated heterocycles. The van der Waals surface area contributed by atoms with Crippen LogP contribution in [0.4, 0.5) is 11.4 Å². The molecule has 0 saturated carbocycles. The third kappa shape index (κ3) is 6.71. The van der Waals surface area contributed by atoms with Gasteiger partial charge < -0.3 is 10.2 Å². The number of piperazine rings is 1. The van der Waals surface area contributed by atoms with E-state index in [2.05, 4.69) is 25.4 Å². The summed E-state index contributed by atoms with van der Waals surface area (Å²) < 4.78 is 1.57. The molecule has 36 heavy (non-hydrogen) atoms. The molecule has 1 aromatic heterocycles. The molecule has 1 aliphatic rings. The summed E-state index contributed by atoms with van der Waals surface area (Å²) in [7, 11) is 0. The number of halogens is 2. The zero-order chi connectivity index (χ0) is 25.5. The highest BCUT2D eigenvalue weighted by molar-refractivity contribution is 6.43. The van der Waals surface area contributed by atoms with Gasteiger partial charge in [0.05, 0.1) is 38.2 Å². The van der Waals surface area contributed by atoms with Crippen LogP contribution >= 0.6 is 23.2 Å². The molecule has 3 aromatic rings. The van der Waals surface area contributed by atoms with Crippen LogP contribution in [0.5, 0.6) is 0 Å². The number of nitrogens with one attached hydrogen (secondary N) is 1. The summed E-state index contributed by atoms with van der Waals surface area (Å²) in [6.45, 7) is 4.90. The van der Waals surface area contributed by atoms with Gasteiger partial charge in [0.15, 0.2) is 0 Å². The number of anilines is 1. The third-order valence-electron chi connectivity index (χ3n) is 6.10. The summed E-state index contributed by atoms with van der Waals surface area (Å²) in [6, 6.07) is 11.8. The number of hydrogen-bond donors (Lipinski definition) is 1. The van der Waals surface area contributed by atoms with E-state index in [0.29, 0.717) is 41.5 Å². The molecular weight excluding hydrogens is 505 g/mol. The van der Waals surface area contributed by atoms with Crippen LogP contribution in [0.2, 0.25) is 10.0 Å². The molecule has 190 valence electrons. The first kappa shape index (κ1) is 25.9. The van der Waals surface area contributed by atoms with E-state index >= 15 is 0 Å². The second-order valence-electron chi connectivity index (χ2n) is 8.53. The number of rotatable bonds is 10. The van der Waals surface area contributed by atoms with Crippen molar-refractivity contribution in [2.75, 3.05) is 44.2 Å². The van der Waals surface area contributed by atoms with Crippen molar-refractivity contribution in [3.63, 3.8) is 0 Å². The number of hydrogen-bond acceptors (Lipinski definition) is 7. The number of amides is 1. The summed E-state index contributed by atoms with van der Waals surface area (Å²) in [5.41, 5.74) is 2.44. The number of non-ortho nitro benzene ring substituents is 1. The van der Waals surface area contributed by atoms with Gasteiger partial charge in [-0.2, -0.15) is 0 Å². The lowest BCUT2D eigenvalue weighted by Gasteiger charge is -2.36. The van der Waals surface area contributed by atoms with E-state index in [1.807, 2.05) is 12.1 Å². The molecule has 0 spiro atoms. The average Bonchev–Trinajstić information content (AvgIpc) is 3.35. The minimum Gasteiger partial charge on any atom is -0.368 e. The van der Waals surface area contributed by atoms with Crippen molar-refractivity contribution in [1.29, 1.82) is 0 Å². The molecule has 2 heterocycles. The molecule has 1 fully saturated rings. The van der Waals surface area contributed by atoms with Gasteiger partial charge in [0.25, 0.3) is 5.69 Å². The van der Waals surface area contributed by atoms with Crippen LogP contribution in [0.25, 0.3) is 5.69 Å². The fourth-order valence-electron chi connectivity index (χ4n) is 4.09. The predicted molar refractivity (Wildman–Crippen MR) is 139 cm³/mol. The number of aryl methyl sites for hydroxylation is 1. The highest BCUT2D eigenvalue weighted by atomic mass is 35.5. The molecule has 0 bridgehead atoms. The number of carbonyl (C=O) groups excluding carboxylic acids is 1. The largest absolute Gasteiger partial charge is 0.368 e. The molecule has 2 aromatic carbocycles. The summed E-state index contributed by atoms with van der Waals surface area (Å²) >= 11 is 12.5. The number of nitro groups is 1. The Hall–Kier alpha value is -3.21. The maximum Gasteiger partial charge on any atom is 0.269 e. The first-order valence-electron chi connectivity index (χ1n) is 11.7. The highest BCUT2D eigenvalue weighted by Gasteiger charge is 2.19. The van der Waals surface area contributed by atoms with Crippen molar-refractivity contribution in [1.82, 2.24) is 25.2 Å². The summed E-state index contributed by atoms with van der Waals surface area (Å²) in [4.78, 5) is 27.1. The van der Waals surface area contributed by atoms with Gasteiger partial charge in [0.2, 0.25) is 5.91 Å². The molecule has 12 heteroatoms. The van der Waals surface area contributed by atoms with E-state index in [0.717, 1.165) is 44.1 Å². The molecule has 0 atom stereocenters. The van der Waals surface area contributed by atoms with Crippen LogP contribution in [0.1, 0.15) is 18.5 Å². The molecule has 1 amide bonds. The third-order valence-corrected chi connectivity index (χ3v) is 6.91. The Labute approximate surface area is 218 Å². The number of nitrogens with zero attached hydrogens (tertiary/aromatic N) is 6. The number of carbonyl (C=O) groups is 1. The van der Waals surface area contributed by atoms with E-state index in [4.69, 9.17) is 23.2 Å². The zero-order valence-electron chi connectivity index (χ0n) is 19.6. The molecule has 4 rings (SSSR count). The topological polar surface area (TPSA) is 109 Å². The Morgan fingerprint density at radius 3 is 2.56 bits per heavy atom. The van der Waals surface area contributed by atoms with Gasteiger partial charge in [0.1, 0.15) is 0 Å². The molecule has 0 unspecified atom stereocenters. The average molecular weight is 532 g/mol. The smallest absolute Gasteiger partial charge is 0.269 e. The molecule has 1 aliphatic heterocycles. The summed E-state index contributed by atoms with van der Waals surface area (Å²) in [6.07, 6.45) is 3.46. The van der Waals surface area contributed by atoms with E-state index in [1.165, 1.54) is 12.1 Å². The minimum absolute atomic E-state index is 0.0158. The Bertz CT molecular complexity index is 1190. The SMILES string of the molecule is O=C(CCCc1cn(-c2ccc([N+](=O)[O-])cc2)nn1)NCCN1CCN(c2cccc(Cl)c2Cl)CC1. The molecule has 0 aliphatic carbocycles. The number of benzene rings is 2. The van der Waals surface area contributed by atoms with Crippen LogP contribution in [-0.4, -0.2) is 70.0 Å². The second-order valence-corrected chi connectivity index (χ2v) is 9.32. The quantitative estimate of drug-likeness (QED) is 0.313. The lowest BCUT2D eigenvalue weighted by molar-refractivity contribution is -0.384. The normalized spacial score (nSPS) is 14.1. The lowest BCUT2D eigenvalue weighted by Crippen LogP contribution is -2.48. The van der Waals surface area contributed by atoms with Crippen molar-refractivity contribution in [3.05, 3.63) is 74.5 Å². The minimum atomic E-state index is -0.444. The van der Waals surface area contributed by atoms with Crippen LogP contribution in [0.3, 0.4) is 0 Å². The van der Waals surface area contributed by atoms with E-state index in [-0.39, 0.29) is 11.6 Å². The second kappa shape index (κ2) is 12.2. The first-order chi connectivity index (χ1) is 17.4. The Morgan fingerprint density at radius 1 is 1.08 bits per heavy atom. The molecular formula is C24H27Cl2N7O3. The van der Waals surface area contributed by atoms with Crippen LogP contribution < -0.4 is 10.2 Å². The Morgan fingerprint density at radius 2 is 1.83 bits per heavy atom. The van der Waals surface area contributed by atoms with Gasteiger partial charge in [-0.1, -0.05) is 34.5 Å². The fourth-order valence-corrected chi connectivity index (χ4v) is 4.50.